The molecule has 0 aromatic heterocycles. The zero-order valence-electron chi connectivity index (χ0n) is 30.1. The lowest BCUT2D eigenvalue weighted by Crippen LogP contribution is -2.46. The summed E-state index contributed by atoms with van der Waals surface area (Å²) in [5, 5.41) is 13.1. The highest BCUT2D eigenvalue weighted by Crippen LogP contribution is 2.11. The van der Waals surface area contributed by atoms with Gasteiger partial charge in [-0.2, -0.15) is 8.42 Å². The summed E-state index contributed by atoms with van der Waals surface area (Å²) in [7, 11) is -4.35. The van der Waals surface area contributed by atoms with Crippen molar-refractivity contribution in [1.29, 1.82) is 0 Å². The van der Waals surface area contributed by atoms with E-state index < -0.39 is 28.0 Å². The number of nitrogens with one attached hydrogen (secondary N) is 1. The Labute approximate surface area is 290 Å². The number of amides is 1. The van der Waals surface area contributed by atoms with Crippen LogP contribution in [0.1, 0.15) is 168 Å². The number of unbranched alkanes of at least 4 members (excludes halogenated alkanes) is 17. The van der Waals surface area contributed by atoms with Gasteiger partial charge in [-0.05, 0) is 70.6 Å². The summed E-state index contributed by atoms with van der Waals surface area (Å²) in [6, 6.07) is -1.08. The Morgan fingerprint density at radius 1 is 0.574 bits per heavy atom. The van der Waals surface area contributed by atoms with Crippen LogP contribution in [0.15, 0.2) is 60.8 Å². The topological polar surface area (TPSA) is 104 Å². The molecule has 0 aromatic rings. The van der Waals surface area contributed by atoms with Crippen LogP contribution in [0.5, 0.6) is 0 Å². The molecule has 272 valence electrons. The minimum Gasteiger partial charge on any atom is -0.387 e. The molecule has 2 atom stereocenters. The molecule has 47 heavy (non-hydrogen) atoms. The van der Waals surface area contributed by atoms with E-state index in [-0.39, 0.29) is 12.3 Å². The normalized spacial score (nSPS) is 14.0. The van der Waals surface area contributed by atoms with Crippen molar-refractivity contribution in [2.24, 2.45) is 0 Å². The molecule has 0 saturated heterocycles. The van der Waals surface area contributed by atoms with Crippen molar-refractivity contribution in [2.45, 2.75) is 180 Å². The lowest BCUT2D eigenvalue weighted by molar-refractivity contribution is -0.122. The highest BCUT2D eigenvalue weighted by Gasteiger charge is 2.24. The van der Waals surface area contributed by atoms with Crippen LogP contribution in [-0.2, 0) is 14.9 Å². The van der Waals surface area contributed by atoms with Crippen LogP contribution in [0.2, 0.25) is 0 Å². The van der Waals surface area contributed by atoms with Gasteiger partial charge < -0.3 is 10.4 Å². The third-order valence-electron chi connectivity index (χ3n) is 8.17. The predicted octanol–water partition coefficient (Wildman–Crippen LogP) is 10.9. The van der Waals surface area contributed by atoms with E-state index in [0.29, 0.717) is 12.8 Å². The van der Waals surface area contributed by atoms with E-state index in [9.17, 15) is 22.9 Å². The van der Waals surface area contributed by atoms with Gasteiger partial charge in [0.05, 0.1) is 17.9 Å². The molecule has 7 heteroatoms. The third-order valence-corrected chi connectivity index (χ3v) is 8.95. The average molecular weight is 678 g/mol. The summed E-state index contributed by atoms with van der Waals surface area (Å²) < 4.78 is 32.3. The number of allylic oxidation sites excluding steroid dienone is 9. The number of rotatable bonds is 33. The van der Waals surface area contributed by atoms with Gasteiger partial charge in [0.2, 0.25) is 5.91 Å². The van der Waals surface area contributed by atoms with Crippen LogP contribution < -0.4 is 5.32 Å². The molecule has 6 nitrogen and oxygen atoms in total. The van der Waals surface area contributed by atoms with Crippen LogP contribution in [0, 0.1) is 0 Å². The Bertz CT molecular complexity index is 967. The maximum Gasteiger partial charge on any atom is 0.267 e. The second kappa shape index (κ2) is 33.9. The number of carbonyl (C=O) groups excluding carboxylic acids is 1. The van der Waals surface area contributed by atoms with Crippen LogP contribution in [0.4, 0.5) is 0 Å². The Morgan fingerprint density at radius 3 is 1.49 bits per heavy atom. The summed E-state index contributed by atoms with van der Waals surface area (Å²) in [6.45, 7) is 4.46. The Kier molecular flexibility index (Phi) is 32.5. The Hall–Kier alpha value is -1.96. The second-order valence-corrected chi connectivity index (χ2v) is 14.3. The fourth-order valence-corrected chi connectivity index (χ4v) is 6.03. The third kappa shape index (κ3) is 35.2. The maximum absolute atomic E-state index is 12.5. The lowest BCUT2D eigenvalue weighted by Gasteiger charge is -2.21. The minimum absolute atomic E-state index is 0.271. The predicted molar refractivity (Wildman–Crippen MR) is 202 cm³/mol. The van der Waals surface area contributed by atoms with Crippen LogP contribution >= 0.6 is 0 Å². The van der Waals surface area contributed by atoms with Gasteiger partial charge in [-0.15, -0.1) is 0 Å². The van der Waals surface area contributed by atoms with Gasteiger partial charge in [-0.25, -0.2) is 0 Å². The number of aliphatic hydroxyl groups is 1. The van der Waals surface area contributed by atoms with Crippen molar-refractivity contribution >= 4 is 16.0 Å². The van der Waals surface area contributed by atoms with Crippen molar-refractivity contribution < 1.29 is 22.9 Å². The first kappa shape index (κ1) is 45.0. The number of hydrogen-bond acceptors (Lipinski definition) is 4. The largest absolute Gasteiger partial charge is 0.387 e. The van der Waals surface area contributed by atoms with Crippen molar-refractivity contribution in [1.82, 2.24) is 5.32 Å². The van der Waals surface area contributed by atoms with Gasteiger partial charge in [-0.1, -0.05) is 152 Å². The molecule has 0 aliphatic rings. The van der Waals surface area contributed by atoms with Crippen LogP contribution in [-0.4, -0.2) is 41.9 Å². The molecule has 0 spiro atoms. The molecule has 2 unspecified atom stereocenters. The maximum atomic E-state index is 12.5. The van der Waals surface area contributed by atoms with E-state index in [1.165, 1.54) is 89.5 Å². The molecule has 1 amide bonds. The molecule has 0 saturated carbocycles. The molecular formula is C40H71NO5S. The number of aliphatic hydroxyl groups excluding tert-OH is 1. The summed E-state index contributed by atoms with van der Waals surface area (Å²) >= 11 is 0. The Balaban J connectivity index is 4.00. The van der Waals surface area contributed by atoms with Crippen molar-refractivity contribution in [2.75, 3.05) is 5.75 Å². The highest BCUT2D eigenvalue weighted by molar-refractivity contribution is 7.85. The van der Waals surface area contributed by atoms with Gasteiger partial charge in [0.15, 0.2) is 0 Å². The summed E-state index contributed by atoms with van der Waals surface area (Å²) in [4.78, 5) is 12.5. The summed E-state index contributed by atoms with van der Waals surface area (Å²) in [5.41, 5.74) is 0. The molecule has 0 bridgehead atoms. The van der Waals surface area contributed by atoms with Crippen molar-refractivity contribution in [3.05, 3.63) is 60.8 Å². The van der Waals surface area contributed by atoms with Gasteiger partial charge in [0.25, 0.3) is 10.1 Å². The van der Waals surface area contributed by atoms with Crippen LogP contribution in [0.3, 0.4) is 0 Å². The Morgan fingerprint density at radius 2 is 0.979 bits per heavy atom. The fraction of sp³-hybridized carbons (Fsp3) is 0.725. The molecule has 0 rings (SSSR count). The minimum atomic E-state index is -4.35. The van der Waals surface area contributed by atoms with Crippen molar-refractivity contribution in [3.8, 4) is 0 Å². The average Bonchev–Trinajstić information content (AvgIpc) is 3.03. The van der Waals surface area contributed by atoms with E-state index in [4.69, 9.17) is 0 Å². The van der Waals surface area contributed by atoms with E-state index in [1.54, 1.807) is 6.08 Å². The summed E-state index contributed by atoms with van der Waals surface area (Å²) in [6.07, 6.45) is 46.3. The molecule has 0 radical (unpaired) electrons. The van der Waals surface area contributed by atoms with Crippen molar-refractivity contribution in [3.63, 3.8) is 0 Å². The quantitative estimate of drug-likeness (QED) is 0.0364. The second-order valence-electron chi connectivity index (χ2n) is 12.8. The van der Waals surface area contributed by atoms with Gasteiger partial charge >= 0.3 is 0 Å². The molecule has 0 fully saturated rings. The van der Waals surface area contributed by atoms with E-state index >= 15 is 0 Å². The van der Waals surface area contributed by atoms with Gasteiger partial charge in [0.1, 0.15) is 0 Å². The molecular weight excluding hydrogens is 607 g/mol. The van der Waals surface area contributed by atoms with Crippen LogP contribution in [0.25, 0.3) is 0 Å². The monoisotopic (exact) mass is 678 g/mol. The summed E-state index contributed by atoms with van der Waals surface area (Å²) in [5.74, 6) is -1.02. The number of hydrogen-bond donors (Lipinski definition) is 3. The first-order valence-electron chi connectivity index (χ1n) is 19.0. The molecule has 0 aromatic carbocycles. The zero-order chi connectivity index (χ0) is 34.7. The lowest BCUT2D eigenvalue weighted by atomic mass is 10.1. The molecule has 3 N–H and O–H groups in total. The smallest absolute Gasteiger partial charge is 0.267 e. The molecule has 0 aliphatic carbocycles. The fourth-order valence-electron chi connectivity index (χ4n) is 5.29. The SMILES string of the molecule is CCCCCCC/C=C\C/C=C\C/C=C\CCCCCCCCC(=O)NC(CS(=O)(=O)O)C(O)/C=C/CC/C=C/CCCCCCC. The van der Waals surface area contributed by atoms with E-state index in [2.05, 4.69) is 67.8 Å². The van der Waals surface area contributed by atoms with E-state index in [1.807, 2.05) is 0 Å². The van der Waals surface area contributed by atoms with Gasteiger partial charge in [0, 0.05) is 6.42 Å². The molecule has 0 heterocycles. The number of carbonyl (C=O) groups is 1. The molecule has 0 aliphatic heterocycles. The van der Waals surface area contributed by atoms with Gasteiger partial charge in [-0.3, -0.25) is 9.35 Å². The zero-order valence-corrected chi connectivity index (χ0v) is 30.9. The first-order chi connectivity index (χ1) is 22.8. The highest BCUT2D eigenvalue weighted by atomic mass is 32.2. The van der Waals surface area contributed by atoms with E-state index in [0.717, 1.165) is 51.4 Å². The standard InChI is InChI=1S/C40H71NO5S/c1-3-5-7-9-11-13-15-16-17-18-19-20-21-22-23-24-26-28-30-32-34-36-40(43)41-38(37-47(44,45)46)39(42)35-33-31-29-27-25-14-12-10-8-6-4-2/h15-16,18-19,21-22,25,27,33,35,38-39,42H,3-14,17,20,23-24,26,28-32,34,36-37H2,1-2H3,(H,41,43)(H,44,45,46)/b16-15-,19-18-,22-21-,27-25+,35-33+. The first-order valence-corrected chi connectivity index (χ1v) is 20.6.